The fourth-order valence-electron chi connectivity index (χ4n) is 1.17. The molecule has 0 aliphatic heterocycles. The monoisotopic (exact) mass is 201 g/mol. The lowest BCUT2D eigenvalue weighted by Gasteiger charge is -2.20. The van der Waals surface area contributed by atoms with Crippen LogP contribution in [0.4, 0.5) is 0 Å². The van der Waals surface area contributed by atoms with Crippen molar-refractivity contribution in [3.05, 3.63) is 0 Å². The van der Waals surface area contributed by atoms with Gasteiger partial charge in [-0.2, -0.15) is 0 Å². The Morgan fingerprint density at radius 1 is 1.50 bits per heavy atom. The van der Waals surface area contributed by atoms with Crippen molar-refractivity contribution >= 4 is 11.9 Å². The average molecular weight is 201 g/mol. The van der Waals surface area contributed by atoms with Crippen LogP contribution in [0.3, 0.4) is 0 Å². The number of rotatable bonds is 6. The molecule has 0 fully saturated rings. The Kier molecular flexibility index (Phi) is 5.62. The van der Waals surface area contributed by atoms with E-state index in [2.05, 4.69) is 5.32 Å². The number of carbonyl (C=O) groups is 1. The quantitative estimate of drug-likeness (QED) is 0.242. The SMILES string of the molecule is CN(C)[C@@H](CCCNC(=N)N)C(N)=O. The van der Waals surface area contributed by atoms with Gasteiger partial charge in [0, 0.05) is 6.54 Å². The highest BCUT2D eigenvalue weighted by Crippen LogP contribution is 2.01. The van der Waals surface area contributed by atoms with Crippen LogP contribution in [0.2, 0.25) is 0 Å². The molecule has 0 spiro atoms. The van der Waals surface area contributed by atoms with Crippen LogP contribution in [-0.2, 0) is 4.79 Å². The van der Waals surface area contributed by atoms with Crippen LogP contribution in [0.1, 0.15) is 12.8 Å². The summed E-state index contributed by atoms with van der Waals surface area (Å²) in [4.78, 5) is 12.8. The van der Waals surface area contributed by atoms with Crippen molar-refractivity contribution in [2.45, 2.75) is 18.9 Å². The van der Waals surface area contributed by atoms with Gasteiger partial charge in [0.25, 0.3) is 0 Å². The third-order valence-electron chi connectivity index (χ3n) is 1.92. The summed E-state index contributed by atoms with van der Waals surface area (Å²) in [5.41, 5.74) is 10.3. The number of nitrogens with zero attached hydrogens (tertiary/aromatic N) is 1. The third kappa shape index (κ3) is 5.36. The number of carbonyl (C=O) groups excluding carboxylic acids is 1. The molecule has 0 aliphatic rings. The van der Waals surface area contributed by atoms with E-state index in [4.69, 9.17) is 16.9 Å². The zero-order valence-electron chi connectivity index (χ0n) is 8.71. The van der Waals surface area contributed by atoms with E-state index in [0.717, 1.165) is 6.42 Å². The summed E-state index contributed by atoms with van der Waals surface area (Å²) in [6, 6.07) is -0.247. The van der Waals surface area contributed by atoms with Gasteiger partial charge in [0.15, 0.2) is 5.96 Å². The first-order chi connectivity index (χ1) is 6.45. The molecule has 0 aliphatic carbocycles. The first-order valence-electron chi connectivity index (χ1n) is 4.48. The Balaban J connectivity index is 3.73. The molecule has 0 radical (unpaired) electrons. The molecule has 0 saturated heterocycles. The molecule has 82 valence electrons. The van der Waals surface area contributed by atoms with E-state index in [0.29, 0.717) is 13.0 Å². The molecule has 6 N–H and O–H groups in total. The van der Waals surface area contributed by atoms with E-state index in [1.54, 1.807) is 4.90 Å². The van der Waals surface area contributed by atoms with Gasteiger partial charge in [-0.3, -0.25) is 15.1 Å². The number of hydrogen-bond acceptors (Lipinski definition) is 3. The van der Waals surface area contributed by atoms with Crippen LogP contribution in [-0.4, -0.2) is 43.4 Å². The van der Waals surface area contributed by atoms with Gasteiger partial charge in [0.2, 0.25) is 5.91 Å². The Morgan fingerprint density at radius 2 is 2.07 bits per heavy atom. The third-order valence-corrected chi connectivity index (χ3v) is 1.92. The molecule has 0 aromatic rings. The maximum absolute atomic E-state index is 11.0. The van der Waals surface area contributed by atoms with Gasteiger partial charge >= 0.3 is 0 Å². The molecule has 6 nitrogen and oxygen atoms in total. The molecule has 0 saturated carbocycles. The molecule has 0 aromatic carbocycles. The standard InChI is InChI=1S/C8H19N5O/c1-13(2)6(7(9)14)4-3-5-12-8(10)11/h6H,3-5H2,1-2H3,(H2,9,14)(H4,10,11,12)/t6-/m0/s1. The van der Waals surface area contributed by atoms with E-state index in [-0.39, 0.29) is 17.9 Å². The molecule has 0 heterocycles. The highest BCUT2D eigenvalue weighted by molar-refractivity contribution is 5.79. The minimum atomic E-state index is -0.321. The Labute approximate surface area is 84.1 Å². The number of primary amides is 1. The van der Waals surface area contributed by atoms with E-state index >= 15 is 0 Å². The molecule has 0 rings (SSSR count). The second-order valence-corrected chi connectivity index (χ2v) is 3.36. The van der Waals surface area contributed by atoms with Gasteiger partial charge in [-0.25, -0.2) is 0 Å². The molecule has 6 heteroatoms. The summed E-state index contributed by atoms with van der Waals surface area (Å²) < 4.78 is 0. The molecule has 1 atom stereocenters. The normalized spacial score (nSPS) is 12.5. The minimum absolute atomic E-state index is 0.0505. The highest BCUT2D eigenvalue weighted by Gasteiger charge is 2.16. The first kappa shape index (κ1) is 12.7. The summed E-state index contributed by atoms with van der Waals surface area (Å²) in [6.45, 7) is 0.590. The highest BCUT2D eigenvalue weighted by atomic mass is 16.1. The van der Waals surface area contributed by atoms with Gasteiger partial charge < -0.3 is 16.8 Å². The van der Waals surface area contributed by atoms with Crippen molar-refractivity contribution in [3.63, 3.8) is 0 Å². The number of likely N-dealkylation sites (N-methyl/N-ethyl adjacent to an activating group) is 1. The predicted molar refractivity (Wildman–Crippen MR) is 55.8 cm³/mol. The lowest BCUT2D eigenvalue weighted by atomic mass is 10.1. The lowest BCUT2D eigenvalue weighted by Crippen LogP contribution is -2.41. The minimum Gasteiger partial charge on any atom is -0.370 e. The maximum Gasteiger partial charge on any atom is 0.234 e. The number of amides is 1. The van der Waals surface area contributed by atoms with E-state index < -0.39 is 0 Å². The topological polar surface area (TPSA) is 108 Å². The molecule has 0 aromatic heterocycles. The number of guanidine groups is 1. The predicted octanol–water partition coefficient (Wildman–Crippen LogP) is -1.33. The first-order valence-corrected chi connectivity index (χ1v) is 4.48. The summed E-state index contributed by atoms with van der Waals surface area (Å²) in [5, 5.41) is 9.58. The van der Waals surface area contributed by atoms with Crippen molar-refractivity contribution < 1.29 is 4.79 Å². The largest absolute Gasteiger partial charge is 0.370 e. The van der Waals surface area contributed by atoms with E-state index in [1.165, 1.54) is 0 Å². The van der Waals surface area contributed by atoms with Crippen molar-refractivity contribution in [1.29, 1.82) is 5.41 Å². The Morgan fingerprint density at radius 3 is 2.43 bits per heavy atom. The Bertz CT molecular complexity index is 204. The number of nitrogens with two attached hydrogens (primary N) is 2. The number of hydrogen-bond donors (Lipinski definition) is 4. The average Bonchev–Trinajstić information content (AvgIpc) is 2.01. The Hall–Kier alpha value is -1.30. The van der Waals surface area contributed by atoms with Crippen LogP contribution < -0.4 is 16.8 Å². The van der Waals surface area contributed by atoms with Gasteiger partial charge in [0.05, 0.1) is 6.04 Å². The van der Waals surface area contributed by atoms with Gasteiger partial charge in [-0.15, -0.1) is 0 Å². The maximum atomic E-state index is 11.0. The number of nitrogens with one attached hydrogen (secondary N) is 2. The molecule has 14 heavy (non-hydrogen) atoms. The van der Waals surface area contributed by atoms with Gasteiger partial charge in [-0.1, -0.05) is 0 Å². The van der Waals surface area contributed by atoms with Gasteiger partial charge in [0.1, 0.15) is 0 Å². The molecule has 0 bridgehead atoms. The molecular weight excluding hydrogens is 182 g/mol. The van der Waals surface area contributed by atoms with Crippen molar-refractivity contribution in [3.8, 4) is 0 Å². The summed E-state index contributed by atoms with van der Waals surface area (Å²) in [5.74, 6) is -0.372. The van der Waals surface area contributed by atoms with Gasteiger partial charge in [-0.05, 0) is 26.9 Å². The zero-order valence-corrected chi connectivity index (χ0v) is 8.71. The molecular formula is C8H19N5O. The second-order valence-electron chi connectivity index (χ2n) is 3.36. The summed E-state index contributed by atoms with van der Waals surface area (Å²) >= 11 is 0. The second kappa shape index (κ2) is 6.20. The van der Waals surface area contributed by atoms with Crippen molar-refractivity contribution in [1.82, 2.24) is 10.2 Å². The lowest BCUT2D eigenvalue weighted by molar-refractivity contribution is -0.122. The zero-order chi connectivity index (χ0) is 11.1. The van der Waals surface area contributed by atoms with E-state index in [9.17, 15) is 4.79 Å². The molecule has 0 unspecified atom stereocenters. The fourth-order valence-corrected chi connectivity index (χ4v) is 1.17. The van der Waals surface area contributed by atoms with Crippen LogP contribution in [0.25, 0.3) is 0 Å². The van der Waals surface area contributed by atoms with E-state index in [1.807, 2.05) is 14.1 Å². The van der Waals surface area contributed by atoms with Crippen LogP contribution in [0.15, 0.2) is 0 Å². The van der Waals surface area contributed by atoms with Crippen molar-refractivity contribution in [2.24, 2.45) is 11.5 Å². The summed E-state index contributed by atoms with van der Waals surface area (Å²) in [6.07, 6.45) is 1.42. The smallest absolute Gasteiger partial charge is 0.234 e. The molecule has 1 amide bonds. The van der Waals surface area contributed by atoms with Crippen molar-refractivity contribution in [2.75, 3.05) is 20.6 Å². The van der Waals surface area contributed by atoms with Crippen LogP contribution in [0, 0.1) is 5.41 Å². The summed E-state index contributed by atoms with van der Waals surface area (Å²) in [7, 11) is 3.63. The fraction of sp³-hybridized carbons (Fsp3) is 0.750. The van der Waals surface area contributed by atoms with Crippen LogP contribution >= 0.6 is 0 Å². The van der Waals surface area contributed by atoms with Crippen LogP contribution in [0.5, 0.6) is 0 Å².